The second-order valence-corrected chi connectivity index (χ2v) is 5.15. The molecule has 0 saturated carbocycles. The molecule has 2 heterocycles. The first kappa shape index (κ1) is 16.2. The lowest BCUT2D eigenvalue weighted by atomic mass is 10.1. The minimum atomic E-state index is -1.20. The number of amides is 1. The maximum Gasteiger partial charge on any atom is 0.356 e. The summed E-state index contributed by atoms with van der Waals surface area (Å²) in [6.45, 7) is 0.385. The maximum absolute atomic E-state index is 12.4. The minimum absolute atomic E-state index is 0.0320. The third-order valence-electron chi connectivity index (χ3n) is 3.45. The molecule has 0 fully saturated rings. The van der Waals surface area contributed by atoms with Crippen LogP contribution in [0.4, 0.5) is 0 Å². The van der Waals surface area contributed by atoms with E-state index in [4.69, 9.17) is 5.11 Å². The van der Waals surface area contributed by atoms with Crippen LogP contribution < -0.4 is 5.32 Å². The Hall–Kier alpha value is -3.62. The molecule has 0 aliphatic carbocycles. The third kappa shape index (κ3) is 4.02. The monoisotopic (exact) mass is 338 g/mol. The summed E-state index contributed by atoms with van der Waals surface area (Å²) < 4.78 is 1.61. The summed E-state index contributed by atoms with van der Waals surface area (Å²) in [5.41, 5.74) is 0.699. The fourth-order valence-corrected chi connectivity index (χ4v) is 2.22. The topological polar surface area (TPSA) is 123 Å². The van der Waals surface area contributed by atoms with Crippen molar-refractivity contribution in [1.82, 2.24) is 30.0 Å². The quantitative estimate of drug-likeness (QED) is 0.685. The first-order valence-electron chi connectivity index (χ1n) is 7.37. The zero-order chi connectivity index (χ0) is 17.6. The highest BCUT2D eigenvalue weighted by atomic mass is 16.4. The van der Waals surface area contributed by atoms with E-state index in [0.717, 1.165) is 18.0 Å². The predicted molar refractivity (Wildman–Crippen MR) is 85.7 cm³/mol. The molecule has 1 amide bonds. The minimum Gasteiger partial charge on any atom is -0.476 e. The van der Waals surface area contributed by atoms with Crippen molar-refractivity contribution in [3.8, 4) is 0 Å². The summed E-state index contributed by atoms with van der Waals surface area (Å²) >= 11 is 0. The number of carbonyl (C=O) groups is 2. The van der Waals surface area contributed by atoms with Gasteiger partial charge in [0.25, 0.3) is 5.91 Å². The predicted octanol–water partition coefficient (Wildman–Crippen LogP) is 0.938. The van der Waals surface area contributed by atoms with Gasteiger partial charge in [-0.2, -0.15) is 5.10 Å². The van der Waals surface area contributed by atoms with E-state index in [2.05, 4.69) is 25.4 Å². The zero-order valence-electron chi connectivity index (χ0n) is 13.0. The highest BCUT2D eigenvalue weighted by molar-refractivity contribution is 5.93. The standard InChI is InChI=1S/C16H14N6O3/c23-15(12-6-19-13(7-18-12)16(24)25)21-14(8-22-10-17-9-20-22)11-4-2-1-3-5-11/h1-7,9-10,14H,8H2,(H,21,23)(H,24,25). The van der Waals surface area contributed by atoms with Crippen LogP contribution in [0.2, 0.25) is 0 Å². The number of hydrogen-bond acceptors (Lipinski definition) is 6. The van der Waals surface area contributed by atoms with Gasteiger partial charge in [0.1, 0.15) is 18.3 Å². The van der Waals surface area contributed by atoms with Gasteiger partial charge < -0.3 is 10.4 Å². The van der Waals surface area contributed by atoms with Crippen LogP contribution in [0.15, 0.2) is 55.4 Å². The van der Waals surface area contributed by atoms with Crippen LogP contribution >= 0.6 is 0 Å². The van der Waals surface area contributed by atoms with E-state index in [1.165, 1.54) is 6.33 Å². The van der Waals surface area contributed by atoms with E-state index in [0.29, 0.717) is 6.54 Å². The van der Waals surface area contributed by atoms with E-state index in [9.17, 15) is 9.59 Å². The van der Waals surface area contributed by atoms with E-state index in [1.54, 1.807) is 11.0 Å². The molecule has 0 spiro atoms. The lowest BCUT2D eigenvalue weighted by Gasteiger charge is -2.18. The molecule has 2 aromatic heterocycles. The van der Waals surface area contributed by atoms with E-state index in [-0.39, 0.29) is 17.4 Å². The van der Waals surface area contributed by atoms with Crippen molar-refractivity contribution >= 4 is 11.9 Å². The Morgan fingerprint density at radius 2 is 1.84 bits per heavy atom. The summed E-state index contributed by atoms with van der Waals surface area (Å²) in [4.78, 5) is 34.7. The summed E-state index contributed by atoms with van der Waals surface area (Å²) in [6.07, 6.45) is 5.16. The highest BCUT2D eigenvalue weighted by Gasteiger charge is 2.18. The number of carboxylic acid groups (broad SMARTS) is 1. The second-order valence-electron chi connectivity index (χ2n) is 5.15. The Kier molecular flexibility index (Phi) is 4.74. The van der Waals surface area contributed by atoms with Gasteiger partial charge in [-0.1, -0.05) is 30.3 Å². The molecular weight excluding hydrogens is 324 g/mol. The number of aromatic carboxylic acids is 1. The van der Waals surface area contributed by atoms with Crippen LogP contribution in [0.1, 0.15) is 32.6 Å². The first-order valence-corrected chi connectivity index (χ1v) is 7.37. The first-order chi connectivity index (χ1) is 12.1. The summed E-state index contributed by atoms with van der Waals surface area (Å²) in [5, 5.41) is 15.7. The van der Waals surface area contributed by atoms with Crippen LogP contribution in [-0.4, -0.2) is 41.7 Å². The van der Waals surface area contributed by atoms with Crippen LogP contribution in [-0.2, 0) is 6.54 Å². The molecule has 0 radical (unpaired) electrons. The lowest BCUT2D eigenvalue weighted by molar-refractivity contribution is 0.0688. The van der Waals surface area contributed by atoms with E-state index < -0.39 is 11.9 Å². The van der Waals surface area contributed by atoms with Crippen molar-refractivity contribution in [1.29, 1.82) is 0 Å². The largest absolute Gasteiger partial charge is 0.476 e. The number of nitrogens with one attached hydrogen (secondary N) is 1. The number of nitrogens with zero attached hydrogens (tertiary/aromatic N) is 5. The van der Waals surface area contributed by atoms with Gasteiger partial charge in [0.15, 0.2) is 5.69 Å². The molecule has 1 aromatic carbocycles. The van der Waals surface area contributed by atoms with Gasteiger partial charge in [-0.3, -0.25) is 9.48 Å². The number of carboxylic acids is 1. The van der Waals surface area contributed by atoms with E-state index >= 15 is 0 Å². The Balaban J connectivity index is 1.79. The maximum atomic E-state index is 12.4. The molecule has 25 heavy (non-hydrogen) atoms. The normalized spacial score (nSPS) is 11.7. The number of benzene rings is 1. The van der Waals surface area contributed by atoms with Crippen molar-refractivity contribution < 1.29 is 14.7 Å². The van der Waals surface area contributed by atoms with Gasteiger partial charge in [-0.25, -0.2) is 19.7 Å². The molecule has 126 valence electrons. The fourth-order valence-electron chi connectivity index (χ4n) is 2.22. The second kappa shape index (κ2) is 7.30. The highest BCUT2D eigenvalue weighted by Crippen LogP contribution is 2.15. The SMILES string of the molecule is O=C(O)c1cnc(C(=O)NC(Cn2cncn2)c2ccccc2)cn1. The van der Waals surface area contributed by atoms with Crippen molar-refractivity contribution in [2.45, 2.75) is 12.6 Å². The molecule has 0 saturated heterocycles. The van der Waals surface area contributed by atoms with Crippen LogP contribution in [0.5, 0.6) is 0 Å². The van der Waals surface area contributed by atoms with Crippen LogP contribution in [0.3, 0.4) is 0 Å². The van der Waals surface area contributed by atoms with Gasteiger partial charge in [0, 0.05) is 0 Å². The molecule has 3 aromatic rings. The van der Waals surface area contributed by atoms with Crippen molar-refractivity contribution in [3.63, 3.8) is 0 Å². The average molecular weight is 338 g/mol. The Morgan fingerprint density at radius 3 is 2.44 bits per heavy atom. The smallest absolute Gasteiger partial charge is 0.356 e. The summed E-state index contributed by atoms with van der Waals surface area (Å²) in [6, 6.07) is 9.04. The van der Waals surface area contributed by atoms with Crippen molar-refractivity contribution in [2.24, 2.45) is 0 Å². The number of aromatic nitrogens is 5. The third-order valence-corrected chi connectivity index (χ3v) is 3.45. The zero-order valence-corrected chi connectivity index (χ0v) is 13.0. The van der Waals surface area contributed by atoms with Gasteiger partial charge in [0.2, 0.25) is 0 Å². The van der Waals surface area contributed by atoms with Gasteiger partial charge in [0.05, 0.1) is 25.0 Å². The molecule has 0 aliphatic heterocycles. The van der Waals surface area contributed by atoms with Gasteiger partial charge in [-0.05, 0) is 5.56 Å². The fraction of sp³-hybridized carbons (Fsp3) is 0.125. The number of carbonyl (C=O) groups excluding carboxylic acids is 1. The van der Waals surface area contributed by atoms with Crippen molar-refractivity contribution in [3.05, 3.63) is 72.3 Å². The van der Waals surface area contributed by atoms with Crippen molar-refractivity contribution in [2.75, 3.05) is 0 Å². The Labute approximate surface area is 142 Å². The number of hydrogen-bond donors (Lipinski definition) is 2. The molecule has 2 N–H and O–H groups in total. The molecule has 9 heteroatoms. The Morgan fingerprint density at radius 1 is 1.12 bits per heavy atom. The molecule has 3 rings (SSSR count). The molecule has 0 aliphatic rings. The molecule has 1 unspecified atom stereocenters. The van der Waals surface area contributed by atoms with Gasteiger partial charge in [-0.15, -0.1) is 0 Å². The molecule has 9 nitrogen and oxygen atoms in total. The molecule has 1 atom stereocenters. The lowest BCUT2D eigenvalue weighted by Crippen LogP contribution is -2.32. The number of rotatable bonds is 6. The summed E-state index contributed by atoms with van der Waals surface area (Å²) in [5.74, 6) is -1.66. The van der Waals surface area contributed by atoms with E-state index in [1.807, 2.05) is 30.3 Å². The molecular formula is C16H14N6O3. The summed E-state index contributed by atoms with van der Waals surface area (Å²) in [7, 11) is 0. The van der Waals surface area contributed by atoms with Crippen LogP contribution in [0.25, 0.3) is 0 Å². The average Bonchev–Trinajstić information content (AvgIpc) is 3.15. The van der Waals surface area contributed by atoms with Gasteiger partial charge >= 0.3 is 5.97 Å². The Bertz CT molecular complexity index is 849. The molecule has 0 bridgehead atoms. The van der Waals surface area contributed by atoms with Crippen LogP contribution in [0, 0.1) is 0 Å².